The van der Waals surface area contributed by atoms with Crippen molar-refractivity contribution >= 4 is 47.3 Å². The van der Waals surface area contributed by atoms with Gasteiger partial charge in [0.25, 0.3) is 0 Å². The highest BCUT2D eigenvalue weighted by Crippen LogP contribution is 2.13. The quantitative estimate of drug-likeness (QED) is 0.0688. The number of carboxylic acid groups (broad SMARTS) is 1. The Kier molecular flexibility index (Phi) is 20.8. The zero-order valence-electron chi connectivity index (χ0n) is 34.1. The predicted molar refractivity (Wildman–Crippen MR) is 210 cm³/mol. The summed E-state index contributed by atoms with van der Waals surface area (Å²) < 4.78 is 0. The highest BCUT2D eigenvalue weighted by molar-refractivity contribution is 5.97. The van der Waals surface area contributed by atoms with Crippen molar-refractivity contribution in [2.45, 2.75) is 137 Å². The fraction of sp³-hybridized carbons (Fsp3) is 0.641. The first-order valence-corrected chi connectivity index (χ1v) is 19.2. The number of amides is 7. The van der Waals surface area contributed by atoms with E-state index in [0.717, 1.165) is 0 Å². The van der Waals surface area contributed by atoms with Gasteiger partial charge < -0.3 is 48.5 Å². The summed E-state index contributed by atoms with van der Waals surface area (Å²) in [5.41, 5.74) is 12.0. The summed E-state index contributed by atoms with van der Waals surface area (Å²) in [6.45, 7) is 15.5. The number of hydrogen-bond acceptors (Lipinski definition) is 9. The second-order valence-electron chi connectivity index (χ2n) is 15.4. The Bertz CT molecular complexity index is 1500. The van der Waals surface area contributed by atoms with Gasteiger partial charge in [0.1, 0.15) is 36.3 Å². The molecule has 1 rings (SSSR count). The average Bonchev–Trinajstić information content (AvgIpc) is 3.12. The molecule has 1 aromatic rings. The maximum Gasteiger partial charge on any atom is 0.326 e. The summed E-state index contributed by atoms with van der Waals surface area (Å²) >= 11 is 0. The third-order valence-corrected chi connectivity index (χ3v) is 9.36. The Morgan fingerprint density at radius 2 is 1.14 bits per heavy atom. The molecule has 17 nitrogen and oxygen atoms in total. The van der Waals surface area contributed by atoms with Gasteiger partial charge >= 0.3 is 5.97 Å². The fourth-order valence-electron chi connectivity index (χ4n) is 5.55. The van der Waals surface area contributed by atoms with Crippen LogP contribution in [0.4, 0.5) is 0 Å². The van der Waals surface area contributed by atoms with Gasteiger partial charge in [0.05, 0.1) is 6.04 Å². The van der Waals surface area contributed by atoms with E-state index in [1.165, 1.54) is 6.92 Å². The van der Waals surface area contributed by atoms with E-state index in [0.29, 0.717) is 12.0 Å². The fourth-order valence-corrected chi connectivity index (χ4v) is 5.55. The smallest absolute Gasteiger partial charge is 0.326 e. The zero-order valence-corrected chi connectivity index (χ0v) is 34.1. The molecular weight excluding hydrogens is 724 g/mol. The molecular formula is C39H64N8O9. The molecule has 0 heterocycles. The SMILES string of the molecule is CC[C@H](C)[C@H](NC(=O)[C@@H](N)C(C)C)C(=O)N[C@@H](CC(C)C)C(=O)N[C@@H](Cc1ccccc1)C(=O)N[C@@H](C)C(=O)N[C@@H](CCC(N)=O)C(=O)N[C@H](C(=O)O)C(C)C. The van der Waals surface area contributed by atoms with Crippen LogP contribution in [-0.4, -0.2) is 94.7 Å². The first kappa shape index (κ1) is 49.0. The van der Waals surface area contributed by atoms with Gasteiger partial charge in [-0.05, 0) is 49.0 Å². The van der Waals surface area contributed by atoms with Crippen molar-refractivity contribution in [3.8, 4) is 0 Å². The highest BCUT2D eigenvalue weighted by Gasteiger charge is 2.35. The van der Waals surface area contributed by atoms with Crippen LogP contribution in [0, 0.1) is 23.7 Å². The second kappa shape index (κ2) is 23.8. The Labute approximate surface area is 330 Å². The summed E-state index contributed by atoms with van der Waals surface area (Å²) in [6, 6.07) is 0.694. The van der Waals surface area contributed by atoms with Crippen molar-refractivity contribution in [1.29, 1.82) is 0 Å². The highest BCUT2D eigenvalue weighted by atomic mass is 16.4. The first-order valence-electron chi connectivity index (χ1n) is 19.2. The lowest BCUT2D eigenvalue weighted by Crippen LogP contribution is -2.60. The van der Waals surface area contributed by atoms with Gasteiger partial charge in [-0.15, -0.1) is 0 Å². The molecule has 0 saturated heterocycles. The molecule has 1 aromatic carbocycles. The number of carbonyl (C=O) groups excluding carboxylic acids is 7. The topological polar surface area (TPSA) is 281 Å². The van der Waals surface area contributed by atoms with E-state index < -0.39 is 95.5 Å². The van der Waals surface area contributed by atoms with Gasteiger partial charge in [0, 0.05) is 12.8 Å². The Balaban J connectivity index is 3.32. The molecule has 11 N–H and O–H groups in total. The molecule has 0 aliphatic rings. The van der Waals surface area contributed by atoms with E-state index in [2.05, 4.69) is 31.9 Å². The zero-order chi connectivity index (χ0) is 42.9. The molecule has 0 saturated carbocycles. The van der Waals surface area contributed by atoms with E-state index in [9.17, 15) is 43.5 Å². The molecule has 0 radical (unpaired) electrons. The second-order valence-corrected chi connectivity index (χ2v) is 15.4. The van der Waals surface area contributed by atoms with Crippen LogP contribution in [0.3, 0.4) is 0 Å². The monoisotopic (exact) mass is 788 g/mol. The maximum absolute atomic E-state index is 13.9. The molecule has 0 bridgehead atoms. The number of rotatable bonds is 24. The van der Waals surface area contributed by atoms with E-state index in [-0.39, 0.29) is 43.4 Å². The minimum absolute atomic E-state index is 0.00314. The van der Waals surface area contributed by atoms with Gasteiger partial charge in [-0.1, -0.05) is 92.1 Å². The van der Waals surface area contributed by atoms with Crippen molar-refractivity contribution in [3.05, 3.63) is 35.9 Å². The Morgan fingerprint density at radius 1 is 0.625 bits per heavy atom. The number of aliphatic carboxylic acids is 1. The molecule has 0 aliphatic carbocycles. The van der Waals surface area contributed by atoms with Crippen LogP contribution in [0.2, 0.25) is 0 Å². The number of hydrogen-bond donors (Lipinski definition) is 9. The van der Waals surface area contributed by atoms with Gasteiger partial charge in [-0.3, -0.25) is 33.6 Å². The molecule has 56 heavy (non-hydrogen) atoms. The maximum atomic E-state index is 13.9. The largest absolute Gasteiger partial charge is 0.480 e. The first-order chi connectivity index (χ1) is 26.1. The predicted octanol–water partition coefficient (Wildman–Crippen LogP) is 0.239. The van der Waals surface area contributed by atoms with Gasteiger partial charge in [-0.2, -0.15) is 0 Å². The normalized spacial score (nSPS) is 15.6. The summed E-state index contributed by atoms with van der Waals surface area (Å²) in [5, 5.41) is 25.2. The van der Waals surface area contributed by atoms with E-state index in [1.54, 1.807) is 65.0 Å². The molecule has 314 valence electrons. The van der Waals surface area contributed by atoms with Gasteiger partial charge in [-0.25, -0.2) is 4.79 Å². The van der Waals surface area contributed by atoms with Crippen LogP contribution in [0.1, 0.15) is 93.6 Å². The molecule has 0 fully saturated rings. The van der Waals surface area contributed by atoms with Crippen LogP contribution in [0.25, 0.3) is 0 Å². The number of nitrogens with two attached hydrogens (primary N) is 2. The van der Waals surface area contributed by atoms with Crippen LogP contribution >= 0.6 is 0 Å². The number of benzene rings is 1. The Hall–Kier alpha value is -5.06. The van der Waals surface area contributed by atoms with E-state index in [1.807, 2.05) is 20.8 Å². The molecule has 7 amide bonds. The van der Waals surface area contributed by atoms with Gasteiger partial charge in [0.2, 0.25) is 41.4 Å². The van der Waals surface area contributed by atoms with Crippen LogP contribution in [0.5, 0.6) is 0 Å². The number of carbonyl (C=O) groups is 8. The van der Waals surface area contributed by atoms with Crippen molar-refractivity contribution < 1.29 is 43.5 Å². The summed E-state index contributed by atoms with van der Waals surface area (Å²) in [6.07, 6.45) is 0.201. The van der Waals surface area contributed by atoms with Crippen molar-refractivity contribution in [2.24, 2.45) is 35.1 Å². The molecule has 8 atom stereocenters. The lowest BCUT2D eigenvalue weighted by atomic mass is 9.95. The standard InChI is InChI=1S/C39H64N8O9/c1-10-23(8)32(47-37(53)30(41)21(4)5)38(54)45-27(18-20(2)3)36(52)44-28(19-25-14-12-11-13-15-25)35(51)42-24(9)33(49)43-26(16-17-29(40)48)34(50)46-31(22(6)7)39(55)56/h11-15,20-24,26-28,30-32H,10,16-19,41H2,1-9H3,(H2,40,48)(H,42,51)(H,43,49)(H,44,52)(H,45,54)(H,46,50)(H,47,53)(H,55,56)/t23-,24-,26-,27-,28-,30-,31-,32-/m0/s1. The molecule has 0 aliphatic heterocycles. The van der Waals surface area contributed by atoms with E-state index >= 15 is 0 Å². The summed E-state index contributed by atoms with van der Waals surface area (Å²) in [4.78, 5) is 104. The van der Waals surface area contributed by atoms with E-state index in [4.69, 9.17) is 11.5 Å². The van der Waals surface area contributed by atoms with Gasteiger partial charge in [0.15, 0.2) is 0 Å². The van der Waals surface area contributed by atoms with Crippen molar-refractivity contribution in [1.82, 2.24) is 31.9 Å². The molecule has 0 aromatic heterocycles. The van der Waals surface area contributed by atoms with Crippen LogP contribution in [0.15, 0.2) is 30.3 Å². The number of nitrogens with one attached hydrogen (secondary N) is 6. The minimum Gasteiger partial charge on any atom is -0.480 e. The van der Waals surface area contributed by atoms with Crippen molar-refractivity contribution in [2.75, 3.05) is 0 Å². The number of carboxylic acids is 1. The third-order valence-electron chi connectivity index (χ3n) is 9.36. The lowest BCUT2D eigenvalue weighted by molar-refractivity contribution is -0.143. The van der Waals surface area contributed by atoms with Crippen LogP contribution in [-0.2, 0) is 44.8 Å². The lowest BCUT2D eigenvalue weighted by Gasteiger charge is -2.29. The minimum atomic E-state index is -1.36. The summed E-state index contributed by atoms with van der Waals surface area (Å²) in [7, 11) is 0. The third kappa shape index (κ3) is 16.8. The molecule has 0 unspecified atom stereocenters. The molecule has 0 spiro atoms. The van der Waals surface area contributed by atoms with Crippen molar-refractivity contribution in [3.63, 3.8) is 0 Å². The van der Waals surface area contributed by atoms with Crippen LogP contribution < -0.4 is 43.4 Å². The Morgan fingerprint density at radius 3 is 1.64 bits per heavy atom. The average molecular weight is 789 g/mol. The molecule has 17 heteroatoms. The number of primary amides is 1. The summed E-state index contributed by atoms with van der Waals surface area (Å²) in [5.74, 6) is -7.29.